The predicted octanol–water partition coefficient (Wildman–Crippen LogP) is 1.33. The summed E-state index contributed by atoms with van der Waals surface area (Å²) < 4.78 is 0. The largest absolute Gasteiger partial charge is 0.390 e. The second-order valence-electron chi connectivity index (χ2n) is 3.33. The van der Waals surface area contributed by atoms with Gasteiger partial charge in [0.1, 0.15) is 6.17 Å². The van der Waals surface area contributed by atoms with Crippen LogP contribution in [0, 0.1) is 10.1 Å². The molecule has 0 radical (unpaired) electrons. The second-order valence-corrected chi connectivity index (χ2v) is 3.74. The Kier molecular flexibility index (Phi) is 4.05. The number of nitrogens with two attached hydrogens (primary N) is 1. The maximum absolute atomic E-state index is 10.5. The summed E-state index contributed by atoms with van der Waals surface area (Å²) in [6.07, 6.45) is -1.44. The summed E-state index contributed by atoms with van der Waals surface area (Å²) in [5, 5.41) is 22.6. The van der Waals surface area contributed by atoms with Gasteiger partial charge in [-0.05, 0) is 13.0 Å². The standard InChI is InChI=1S/C9H12ClN3O3/c1-5(14)9(11)12-8-3-2-6(13(15)16)4-7(8)10/h2-5,9,12,14H,11H2,1H3. The number of aliphatic hydroxyl groups excluding tert-OH is 1. The molecule has 1 rings (SSSR count). The van der Waals surface area contributed by atoms with Crippen molar-refractivity contribution >= 4 is 23.0 Å². The lowest BCUT2D eigenvalue weighted by Gasteiger charge is -2.18. The van der Waals surface area contributed by atoms with Gasteiger partial charge in [-0.15, -0.1) is 0 Å². The van der Waals surface area contributed by atoms with Gasteiger partial charge in [-0.25, -0.2) is 0 Å². The van der Waals surface area contributed by atoms with Crippen molar-refractivity contribution < 1.29 is 10.0 Å². The van der Waals surface area contributed by atoms with Gasteiger partial charge in [0.2, 0.25) is 0 Å². The zero-order valence-electron chi connectivity index (χ0n) is 8.55. The van der Waals surface area contributed by atoms with Crippen LogP contribution in [0.4, 0.5) is 11.4 Å². The monoisotopic (exact) mass is 245 g/mol. The number of nitro benzene ring substituents is 1. The summed E-state index contributed by atoms with van der Waals surface area (Å²) in [4.78, 5) is 9.92. The molecule has 6 nitrogen and oxygen atoms in total. The van der Waals surface area contributed by atoms with Gasteiger partial charge in [0.05, 0.1) is 21.7 Å². The minimum atomic E-state index is -0.758. The van der Waals surface area contributed by atoms with Crippen LogP contribution in [-0.4, -0.2) is 22.3 Å². The number of halogens is 1. The summed E-state index contributed by atoms with van der Waals surface area (Å²) in [6, 6.07) is 3.98. The van der Waals surface area contributed by atoms with Crippen molar-refractivity contribution in [3.63, 3.8) is 0 Å². The van der Waals surface area contributed by atoms with E-state index in [0.29, 0.717) is 5.69 Å². The predicted molar refractivity (Wildman–Crippen MR) is 61.4 cm³/mol. The van der Waals surface area contributed by atoms with Crippen molar-refractivity contribution in [1.29, 1.82) is 0 Å². The highest BCUT2D eigenvalue weighted by atomic mass is 35.5. The number of rotatable bonds is 4. The number of nitrogens with one attached hydrogen (secondary N) is 1. The van der Waals surface area contributed by atoms with Crippen LogP contribution in [0.2, 0.25) is 5.02 Å². The highest BCUT2D eigenvalue weighted by Crippen LogP contribution is 2.26. The summed E-state index contributed by atoms with van der Waals surface area (Å²) in [7, 11) is 0. The molecule has 2 unspecified atom stereocenters. The minimum absolute atomic E-state index is 0.0961. The van der Waals surface area contributed by atoms with Gasteiger partial charge in [-0.3, -0.25) is 10.1 Å². The maximum atomic E-state index is 10.5. The number of hydrogen-bond acceptors (Lipinski definition) is 5. The third kappa shape index (κ3) is 3.06. The van der Waals surface area contributed by atoms with Gasteiger partial charge in [0, 0.05) is 12.1 Å². The lowest BCUT2D eigenvalue weighted by atomic mass is 10.2. The van der Waals surface area contributed by atoms with E-state index in [1.165, 1.54) is 25.1 Å². The zero-order chi connectivity index (χ0) is 12.3. The van der Waals surface area contributed by atoms with Gasteiger partial charge in [-0.1, -0.05) is 11.6 Å². The molecule has 16 heavy (non-hydrogen) atoms. The minimum Gasteiger partial charge on any atom is -0.390 e. The summed E-state index contributed by atoms with van der Waals surface area (Å²) in [5.74, 6) is 0. The number of benzene rings is 1. The average Bonchev–Trinajstić information content (AvgIpc) is 2.20. The first-order valence-corrected chi connectivity index (χ1v) is 4.93. The van der Waals surface area contributed by atoms with Crippen molar-refractivity contribution in [1.82, 2.24) is 0 Å². The highest BCUT2D eigenvalue weighted by Gasteiger charge is 2.13. The first kappa shape index (κ1) is 12.7. The van der Waals surface area contributed by atoms with Crippen molar-refractivity contribution in [2.45, 2.75) is 19.2 Å². The number of anilines is 1. The molecule has 0 saturated heterocycles. The molecule has 0 spiro atoms. The Morgan fingerprint density at radius 2 is 2.25 bits per heavy atom. The zero-order valence-corrected chi connectivity index (χ0v) is 9.31. The number of nitrogens with zero attached hydrogens (tertiary/aromatic N) is 1. The fourth-order valence-corrected chi connectivity index (χ4v) is 1.26. The molecule has 1 aromatic carbocycles. The molecule has 0 aliphatic rings. The van der Waals surface area contributed by atoms with E-state index in [4.69, 9.17) is 17.3 Å². The van der Waals surface area contributed by atoms with Gasteiger partial charge < -0.3 is 16.2 Å². The van der Waals surface area contributed by atoms with Gasteiger partial charge >= 0.3 is 0 Å². The van der Waals surface area contributed by atoms with E-state index in [1.807, 2.05) is 0 Å². The van der Waals surface area contributed by atoms with Crippen molar-refractivity contribution in [3.8, 4) is 0 Å². The molecule has 0 fully saturated rings. The van der Waals surface area contributed by atoms with Crippen LogP contribution >= 0.6 is 11.6 Å². The van der Waals surface area contributed by atoms with Crippen molar-refractivity contribution in [2.24, 2.45) is 5.73 Å². The van der Waals surface area contributed by atoms with E-state index in [0.717, 1.165) is 0 Å². The van der Waals surface area contributed by atoms with E-state index in [1.54, 1.807) is 0 Å². The molecule has 0 aliphatic heterocycles. The molecule has 7 heteroatoms. The summed E-state index contributed by atoms with van der Waals surface area (Å²) >= 11 is 5.82. The van der Waals surface area contributed by atoms with Gasteiger partial charge in [0.15, 0.2) is 0 Å². The molecule has 0 amide bonds. The topological polar surface area (TPSA) is 101 Å². The Balaban J connectivity index is 2.87. The van der Waals surface area contributed by atoms with E-state index < -0.39 is 17.2 Å². The van der Waals surface area contributed by atoms with E-state index in [-0.39, 0.29) is 10.7 Å². The molecule has 0 saturated carbocycles. The van der Waals surface area contributed by atoms with Crippen molar-refractivity contribution in [3.05, 3.63) is 33.3 Å². The summed E-state index contributed by atoms with van der Waals surface area (Å²) in [5.41, 5.74) is 5.91. The van der Waals surface area contributed by atoms with Crippen LogP contribution in [0.15, 0.2) is 18.2 Å². The first-order valence-electron chi connectivity index (χ1n) is 4.56. The quantitative estimate of drug-likeness (QED) is 0.422. The smallest absolute Gasteiger partial charge is 0.271 e. The second kappa shape index (κ2) is 5.11. The van der Waals surface area contributed by atoms with E-state index in [2.05, 4.69) is 5.32 Å². The molecule has 2 atom stereocenters. The van der Waals surface area contributed by atoms with Crippen LogP contribution in [0.3, 0.4) is 0 Å². The first-order chi connectivity index (χ1) is 7.41. The third-order valence-electron chi connectivity index (χ3n) is 2.01. The molecule has 0 bridgehead atoms. The average molecular weight is 246 g/mol. The normalized spacial score (nSPS) is 14.2. The molecular weight excluding hydrogens is 234 g/mol. The number of hydrogen-bond donors (Lipinski definition) is 3. The van der Waals surface area contributed by atoms with Crippen molar-refractivity contribution in [2.75, 3.05) is 5.32 Å². The Morgan fingerprint density at radius 3 is 2.69 bits per heavy atom. The number of nitro groups is 1. The van der Waals surface area contributed by atoms with E-state index >= 15 is 0 Å². The summed E-state index contributed by atoms with van der Waals surface area (Å²) in [6.45, 7) is 1.52. The van der Waals surface area contributed by atoms with Crippen LogP contribution in [0.25, 0.3) is 0 Å². The van der Waals surface area contributed by atoms with Gasteiger partial charge in [0.25, 0.3) is 5.69 Å². The fourth-order valence-electron chi connectivity index (χ4n) is 1.03. The molecular formula is C9H12ClN3O3. The van der Waals surface area contributed by atoms with Gasteiger partial charge in [-0.2, -0.15) is 0 Å². The Morgan fingerprint density at radius 1 is 1.62 bits per heavy atom. The lowest BCUT2D eigenvalue weighted by Crippen LogP contribution is -2.39. The highest BCUT2D eigenvalue weighted by molar-refractivity contribution is 6.33. The lowest BCUT2D eigenvalue weighted by molar-refractivity contribution is -0.384. The maximum Gasteiger partial charge on any atom is 0.271 e. The van der Waals surface area contributed by atoms with Crippen LogP contribution in [-0.2, 0) is 0 Å². The van der Waals surface area contributed by atoms with Crippen LogP contribution < -0.4 is 11.1 Å². The molecule has 1 aromatic rings. The number of aliphatic hydroxyl groups is 1. The molecule has 0 heterocycles. The number of non-ortho nitro benzene ring substituents is 1. The fraction of sp³-hybridized carbons (Fsp3) is 0.333. The molecule has 0 aliphatic carbocycles. The van der Waals surface area contributed by atoms with E-state index in [9.17, 15) is 15.2 Å². The van der Waals surface area contributed by atoms with Crippen LogP contribution in [0.5, 0.6) is 0 Å². The molecule has 0 aromatic heterocycles. The Bertz CT molecular complexity index is 398. The molecule has 88 valence electrons. The Hall–Kier alpha value is -1.37. The molecule has 4 N–H and O–H groups in total. The Labute approximate surface area is 97.2 Å². The third-order valence-corrected chi connectivity index (χ3v) is 2.32. The SMILES string of the molecule is CC(O)C(N)Nc1ccc([N+](=O)[O-])cc1Cl. The van der Waals surface area contributed by atoms with Crippen LogP contribution in [0.1, 0.15) is 6.92 Å².